The Labute approximate surface area is 155 Å². The van der Waals surface area contributed by atoms with Crippen molar-refractivity contribution in [2.45, 2.75) is 13.8 Å². The average molecular weight is 359 g/mol. The first-order valence-corrected chi connectivity index (χ1v) is 8.48. The van der Waals surface area contributed by atoms with Crippen molar-refractivity contribution in [2.24, 2.45) is 0 Å². The van der Waals surface area contributed by atoms with E-state index in [1.54, 1.807) is 13.0 Å². The van der Waals surface area contributed by atoms with Crippen LogP contribution >= 0.6 is 0 Å². The van der Waals surface area contributed by atoms with Crippen LogP contribution in [0.4, 0.5) is 5.88 Å². The van der Waals surface area contributed by atoms with E-state index in [4.69, 9.17) is 9.05 Å². The third kappa shape index (κ3) is 3.37. The summed E-state index contributed by atoms with van der Waals surface area (Å²) < 4.78 is 10.5. The number of carbonyl (C=O) groups excluding carboxylic acids is 1. The third-order valence-corrected chi connectivity index (χ3v) is 4.23. The Bertz CT molecular complexity index is 1080. The number of aryl methyl sites for hydroxylation is 2. The molecule has 6 heteroatoms. The number of hydrogen-bond donors (Lipinski definition) is 1. The van der Waals surface area contributed by atoms with Crippen molar-refractivity contribution in [3.8, 4) is 22.5 Å². The molecular weight excluding hydrogens is 342 g/mol. The predicted molar refractivity (Wildman–Crippen MR) is 101 cm³/mol. The predicted octanol–water partition coefficient (Wildman–Crippen LogP) is 4.87. The van der Waals surface area contributed by atoms with Gasteiger partial charge in [-0.3, -0.25) is 10.1 Å². The standard InChI is InChI=1S/C21H17N3O3/c1-13-8-10-15(11-9-13)17-12-18(27-23-17)22-21(25)19-14(2)26-24-20(19)16-6-4-3-5-7-16/h3-12H,1-2H3,(H,22,25). The number of anilines is 1. The summed E-state index contributed by atoms with van der Waals surface area (Å²) in [6.45, 7) is 3.72. The Morgan fingerprint density at radius 1 is 0.889 bits per heavy atom. The van der Waals surface area contributed by atoms with Gasteiger partial charge in [0.1, 0.15) is 22.7 Å². The second-order valence-electron chi connectivity index (χ2n) is 6.22. The monoisotopic (exact) mass is 359 g/mol. The molecule has 27 heavy (non-hydrogen) atoms. The summed E-state index contributed by atoms with van der Waals surface area (Å²) >= 11 is 0. The van der Waals surface area contributed by atoms with Gasteiger partial charge in [-0.1, -0.05) is 70.5 Å². The molecule has 0 aliphatic carbocycles. The summed E-state index contributed by atoms with van der Waals surface area (Å²) in [4.78, 5) is 12.8. The highest BCUT2D eigenvalue weighted by Crippen LogP contribution is 2.27. The minimum absolute atomic E-state index is 0.259. The summed E-state index contributed by atoms with van der Waals surface area (Å²) in [5, 5.41) is 10.8. The van der Waals surface area contributed by atoms with Crippen LogP contribution in [0.5, 0.6) is 0 Å². The lowest BCUT2D eigenvalue weighted by Crippen LogP contribution is -2.13. The molecule has 0 fully saturated rings. The zero-order valence-corrected chi connectivity index (χ0v) is 14.9. The molecule has 2 aromatic heterocycles. The normalized spacial score (nSPS) is 10.7. The van der Waals surface area contributed by atoms with Crippen LogP contribution in [0, 0.1) is 13.8 Å². The number of nitrogens with one attached hydrogen (secondary N) is 1. The van der Waals surface area contributed by atoms with Gasteiger partial charge in [0.2, 0.25) is 5.88 Å². The van der Waals surface area contributed by atoms with Gasteiger partial charge >= 0.3 is 0 Å². The number of amides is 1. The van der Waals surface area contributed by atoms with Gasteiger partial charge < -0.3 is 9.05 Å². The summed E-state index contributed by atoms with van der Waals surface area (Å²) in [5.74, 6) is 0.332. The van der Waals surface area contributed by atoms with E-state index in [-0.39, 0.29) is 11.8 Å². The lowest BCUT2D eigenvalue weighted by molar-refractivity contribution is 0.102. The highest BCUT2D eigenvalue weighted by Gasteiger charge is 2.22. The van der Waals surface area contributed by atoms with E-state index in [9.17, 15) is 4.79 Å². The maximum absolute atomic E-state index is 12.8. The van der Waals surface area contributed by atoms with Crippen LogP contribution in [0.2, 0.25) is 0 Å². The lowest BCUT2D eigenvalue weighted by Gasteiger charge is -2.02. The minimum Gasteiger partial charge on any atom is -0.360 e. The molecule has 4 rings (SSSR count). The largest absolute Gasteiger partial charge is 0.360 e. The summed E-state index contributed by atoms with van der Waals surface area (Å²) in [6.07, 6.45) is 0. The fourth-order valence-electron chi connectivity index (χ4n) is 2.80. The minimum atomic E-state index is -0.362. The maximum atomic E-state index is 12.8. The van der Waals surface area contributed by atoms with Crippen molar-refractivity contribution in [2.75, 3.05) is 5.32 Å². The Morgan fingerprint density at radius 2 is 1.63 bits per heavy atom. The quantitative estimate of drug-likeness (QED) is 0.562. The zero-order valence-electron chi connectivity index (χ0n) is 14.9. The summed E-state index contributed by atoms with van der Waals surface area (Å²) in [7, 11) is 0. The molecule has 4 aromatic rings. The van der Waals surface area contributed by atoms with E-state index < -0.39 is 0 Å². The van der Waals surface area contributed by atoms with Gasteiger partial charge in [-0.25, -0.2) is 0 Å². The molecule has 0 aliphatic rings. The summed E-state index contributed by atoms with van der Waals surface area (Å²) in [5.41, 5.74) is 4.38. The highest BCUT2D eigenvalue weighted by molar-refractivity contribution is 6.08. The first kappa shape index (κ1) is 16.8. The van der Waals surface area contributed by atoms with E-state index in [0.29, 0.717) is 22.7 Å². The molecule has 0 atom stereocenters. The summed E-state index contributed by atoms with van der Waals surface area (Å²) in [6, 6.07) is 19.0. The van der Waals surface area contributed by atoms with Crippen LogP contribution < -0.4 is 5.32 Å². The van der Waals surface area contributed by atoms with Gasteiger partial charge in [-0.2, -0.15) is 0 Å². The fraction of sp³-hybridized carbons (Fsp3) is 0.0952. The number of nitrogens with zero attached hydrogens (tertiary/aromatic N) is 2. The molecule has 6 nitrogen and oxygen atoms in total. The second-order valence-corrected chi connectivity index (χ2v) is 6.22. The van der Waals surface area contributed by atoms with E-state index >= 15 is 0 Å². The maximum Gasteiger partial charge on any atom is 0.263 e. The number of benzene rings is 2. The number of hydrogen-bond acceptors (Lipinski definition) is 5. The smallest absolute Gasteiger partial charge is 0.263 e. The molecule has 1 amide bonds. The van der Waals surface area contributed by atoms with Crippen LogP contribution in [0.3, 0.4) is 0 Å². The Hall–Kier alpha value is -3.67. The van der Waals surface area contributed by atoms with Crippen LogP contribution in [0.15, 0.2) is 69.7 Å². The van der Waals surface area contributed by atoms with Crippen molar-refractivity contribution in [3.05, 3.63) is 77.6 Å². The second kappa shape index (κ2) is 6.92. The highest BCUT2D eigenvalue weighted by atomic mass is 16.5. The van der Waals surface area contributed by atoms with Gasteiger partial charge in [0, 0.05) is 17.2 Å². The topological polar surface area (TPSA) is 81.2 Å². The number of aromatic nitrogens is 2. The molecule has 0 aliphatic heterocycles. The first-order chi connectivity index (χ1) is 13.1. The Balaban J connectivity index is 1.59. The Morgan fingerprint density at radius 3 is 2.37 bits per heavy atom. The van der Waals surface area contributed by atoms with E-state index in [2.05, 4.69) is 15.6 Å². The molecule has 0 saturated carbocycles. The van der Waals surface area contributed by atoms with E-state index in [1.807, 2.05) is 61.5 Å². The molecule has 1 N–H and O–H groups in total. The zero-order chi connectivity index (χ0) is 18.8. The van der Waals surface area contributed by atoms with Crippen LogP contribution in [-0.2, 0) is 0 Å². The molecule has 134 valence electrons. The van der Waals surface area contributed by atoms with Gasteiger partial charge in [0.05, 0.1) is 0 Å². The van der Waals surface area contributed by atoms with Gasteiger partial charge in [-0.05, 0) is 13.8 Å². The molecule has 2 aromatic carbocycles. The molecule has 2 heterocycles. The first-order valence-electron chi connectivity index (χ1n) is 8.48. The molecular formula is C21H17N3O3. The Kier molecular flexibility index (Phi) is 4.30. The van der Waals surface area contributed by atoms with Crippen LogP contribution in [0.1, 0.15) is 21.7 Å². The number of carbonyl (C=O) groups is 1. The molecule has 0 spiro atoms. The van der Waals surface area contributed by atoms with Gasteiger partial charge in [-0.15, -0.1) is 0 Å². The van der Waals surface area contributed by atoms with Crippen molar-refractivity contribution in [1.82, 2.24) is 10.3 Å². The van der Waals surface area contributed by atoms with Crippen molar-refractivity contribution < 1.29 is 13.8 Å². The van der Waals surface area contributed by atoms with Crippen molar-refractivity contribution >= 4 is 11.8 Å². The third-order valence-electron chi connectivity index (χ3n) is 4.23. The van der Waals surface area contributed by atoms with Crippen LogP contribution in [-0.4, -0.2) is 16.2 Å². The molecule has 0 radical (unpaired) electrons. The molecule has 0 unspecified atom stereocenters. The fourth-order valence-corrected chi connectivity index (χ4v) is 2.80. The lowest BCUT2D eigenvalue weighted by atomic mass is 10.1. The van der Waals surface area contributed by atoms with Crippen molar-refractivity contribution in [1.29, 1.82) is 0 Å². The van der Waals surface area contributed by atoms with Gasteiger partial charge in [0.15, 0.2) is 0 Å². The van der Waals surface area contributed by atoms with E-state index in [0.717, 1.165) is 16.7 Å². The number of rotatable bonds is 4. The average Bonchev–Trinajstić information content (AvgIpc) is 3.30. The SMILES string of the molecule is Cc1ccc(-c2cc(NC(=O)c3c(-c4ccccc4)noc3C)on2)cc1. The molecule has 0 saturated heterocycles. The van der Waals surface area contributed by atoms with E-state index in [1.165, 1.54) is 0 Å². The van der Waals surface area contributed by atoms with Crippen LogP contribution in [0.25, 0.3) is 22.5 Å². The van der Waals surface area contributed by atoms with Crippen molar-refractivity contribution in [3.63, 3.8) is 0 Å². The van der Waals surface area contributed by atoms with Gasteiger partial charge in [0.25, 0.3) is 5.91 Å². The molecule has 0 bridgehead atoms.